The minimum Gasteiger partial charge on any atom is -0.351 e. The van der Waals surface area contributed by atoms with E-state index < -0.39 is 6.03 Å². The molecule has 1 atom stereocenters. The average molecular weight is 405 g/mol. The van der Waals surface area contributed by atoms with Crippen LogP contribution in [0.25, 0.3) is 0 Å². The predicted molar refractivity (Wildman–Crippen MR) is 104 cm³/mol. The van der Waals surface area contributed by atoms with E-state index in [0.29, 0.717) is 21.0 Å². The van der Waals surface area contributed by atoms with Crippen molar-refractivity contribution in [2.24, 2.45) is 5.73 Å². The maximum atomic E-state index is 12.6. The molecular weight excluding hydrogens is 388 g/mol. The third-order valence-corrected chi connectivity index (χ3v) is 5.02. The van der Waals surface area contributed by atoms with Crippen molar-refractivity contribution in [3.63, 3.8) is 0 Å². The van der Waals surface area contributed by atoms with Gasteiger partial charge in [-0.25, -0.2) is 14.8 Å². The lowest BCUT2D eigenvalue weighted by molar-refractivity contribution is 0.0935. The van der Waals surface area contributed by atoms with Crippen LogP contribution in [0.3, 0.4) is 0 Å². The number of piperidine rings is 1. The molecule has 8 nitrogen and oxygen atoms in total. The highest BCUT2D eigenvalue weighted by molar-refractivity contribution is 7.15. The normalized spacial score (nSPS) is 16.1. The van der Waals surface area contributed by atoms with Gasteiger partial charge < -0.3 is 21.7 Å². The zero-order chi connectivity index (χ0) is 19.2. The number of carbonyl (C=O) groups excluding carboxylic acids is 2. The Morgan fingerprint density at radius 3 is 2.78 bits per heavy atom. The summed E-state index contributed by atoms with van der Waals surface area (Å²) in [5.41, 5.74) is 6.13. The highest BCUT2D eigenvalue weighted by Crippen LogP contribution is 2.27. The highest BCUT2D eigenvalue weighted by atomic mass is 35.5. The minimum absolute atomic E-state index is 0.0514. The molecule has 0 aliphatic carbocycles. The number of carbonyl (C=O) groups is 2. The number of thiophene rings is 1. The van der Waals surface area contributed by atoms with Gasteiger partial charge in [0.2, 0.25) is 5.28 Å². The summed E-state index contributed by atoms with van der Waals surface area (Å²) >= 11 is 6.82. The van der Waals surface area contributed by atoms with Crippen LogP contribution in [0.4, 0.5) is 10.5 Å². The number of rotatable bonds is 3. The molecule has 0 saturated carbocycles. The molecule has 2 aromatic rings. The Bertz CT molecular complexity index is 896. The molecule has 2 aromatic heterocycles. The molecule has 27 heavy (non-hydrogen) atoms. The van der Waals surface area contributed by atoms with Crippen molar-refractivity contribution in [1.82, 2.24) is 20.6 Å². The molecule has 140 valence electrons. The number of anilines is 1. The van der Waals surface area contributed by atoms with Gasteiger partial charge in [0.25, 0.3) is 5.91 Å². The van der Waals surface area contributed by atoms with E-state index >= 15 is 0 Å². The second-order valence-electron chi connectivity index (χ2n) is 5.85. The third kappa shape index (κ3) is 5.40. The van der Waals surface area contributed by atoms with Crippen molar-refractivity contribution in [2.45, 2.75) is 18.9 Å². The fraction of sp³-hybridized carbons (Fsp3) is 0.294. The van der Waals surface area contributed by atoms with Gasteiger partial charge in [0.05, 0.1) is 16.1 Å². The number of urea groups is 1. The molecule has 1 aliphatic rings. The van der Waals surface area contributed by atoms with E-state index in [1.165, 1.54) is 23.7 Å². The van der Waals surface area contributed by atoms with E-state index in [0.717, 1.165) is 25.9 Å². The molecular formula is C17H17ClN6O2S. The number of amides is 3. The van der Waals surface area contributed by atoms with Gasteiger partial charge in [-0.05, 0) is 37.1 Å². The topological polar surface area (TPSA) is 122 Å². The van der Waals surface area contributed by atoms with Crippen molar-refractivity contribution in [2.75, 3.05) is 18.4 Å². The second-order valence-corrected chi connectivity index (χ2v) is 7.24. The summed E-state index contributed by atoms with van der Waals surface area (Å²) < 4.78 is 0. The van der Waals surface area contributed by atoms with Gasteiger partial charge in [0, 0.05) is 25.0 Å². The molecule has 1 fully saturated rings. The van der Waals surface area contributed by atoms with Crippen molar-refractivity contribution in [1.29, 1.82) is 0 Å². The standard InChI is InChI=1S/C17H17ClN6O2S/c18-16-21-7-10(8-22-16)3-4-12-6-13(24-17(19)26)14(27-12)15(25)23-11-2-1-5-20-9-11/h6-8,11,20H,1-2,5,9H2,(H,23,25)(H3,19,24,26). The SMILES string of the molecule is NC(=O)Nc1cc(C#Cc2cnc(Cl)nc2)sc1C(=O)NC1CCCNC1. The van der Waals surface area contributed by atoms with Crippen molar-refractivity contribution in [3.8, 4) is 11.8 Å². The second kappa shape index (κ2) is 8.81. The van der Waals surface area contributed by atoms with E-state index in [1.54, 1.807) is 6.07 Å². The largest absolute Gasteiger partial charge is 0.351 e. The van der Waals surface area contributed by atoms with Crippen LogP contribution in [0.2, 0.25) is 5.28 Å². The van der Waals surface area contributed by atoms with Crippen LogP contribution in [0.5, 0.6) is 0 Å². The lowest BCUT2D eigenvalue weighted by Crippen LogP contribution is -2.45. The summed E-state index contributed by atoms with van der Waals surface area (Å²) in [7, 11) is 0. The van der Waals surface area contributed by atoms with Gasteiger partial charge in [-0.3, -0.25) is 4.79 Å². The maximum Gasteiger partial charge on any atom is 0.316 e. The average Bonchev–Trinajstić information content (AvgIpc) is 3.04. The number of nitrogens with one attached hydrogen (secondary N) is 3. The van der Waals surface area contributed by atoms with Gasteiger partial charge in [0.15, 0.2) is 0 Å². The molecule has 1 saturated heterocycles. The summed E-state index contributed by atoms with van der Waals surface area (Å²) in [6.45, 7) is 1.67. The first-order chi connectivity index (χ1) is 13.0. The number of aromatic nitrogens is 2. The van der Waals surface area contributed by atoms with E-state index in [-0.39, 0.29) is 17.2 Å². The first kappa shape index (κ1) is 19.1. The Hall–Kier alpha value is -2.67. The monoisotopic (exact) mass is 404 g/mol. The Kier molecular flexibility index (Phi) is 6.24. The zero-order valence-corrected chi connectivity index (χ0v) is 15.8. The number of hydrogen-bond donors (Lipinski definition) is 4. The van der Waals surface area contributed by atoms with Crippen LogP contribution in [0, 0.1) is 11.8 Å². The van der Waals surface area contributed by atoms with Gasteiger partial charge >= 0.3 is 6.03 Å². The lowest BCUT2D eigenvalue weighted by atomic mass is 10.1. The molecule has 5 N–H and O–H groups in total. The molecule has 3 heterocycles. The summed E-state index contributed by atoms with van der Waals surface area (Å²) in [4.78, 5) is 32.6. The van der Waals surface area contributed by atoms with Crippen LogP contribution in [0.1, 0.15) is 33.0 Å². The quantitative estimate of drug-likeness (QED) is 0.457. The third-order valence-electron chi connectivity index (χ3n) is 3.78. The number of nitrogens with zero attached hydrogens (tertiary/aromatic N) is 2. The molecule has 0 radical (unpaired) electrons. The van der Waals surface area contributed by atoms with Gasteiger partial charge in [-0.2, -0.15) is 0 Å². The molecule has 3 amide bonds. The molecule has 0 spiro atoms. The van der Waals surface area contributed by atoms with E-state index in [2.05, 4.69) is 37.8 Å². The number of hydrogen-bond acceptors (Lipinski definition) is 6. The lowest BCUT2D eigenvalue weighted by Gasteiger charge is -2.23. The van der Waals surface area contributed by atoms with Crippen LogP contribution >= 0.6 is 22.9 Å². The minimum atomic E-state index is -0.744. The van der Waals surface area contributed by atoms with E-state index in [4.69, 9.17) is 17.3 Å². The fourth-order valence-electron chi connectivity index (χ4n) is 2.58. The molecule has 0 bridgehead atoms. The summed E-state index contributed by atoms with van der Waals surface area (Å²) in [6, 6.07) is 0.926. The van der Waals surface area contributed by atoms with Crippen molar-refractivity contribution < 1.29 is 9.59 Å². The molecule has 1 unspecified atom stereocenters. The van der Waals surface area contributed by atoms with Crippen LogP contribution in [-0.2, 0) is 0 Å². The van der Waals surface area contributed by atoms with Crippen molar-refractivity contribution >= 4 is 40.6 Å². The molecule has 10 heteroatoms. The smallest absolute Gasteiger partial charge is 0.316 e. The van der Waals surface area contributed by atoms with E-state index in [1.807, 2.05) is 0 Å². The number of nitrogens with two attached hydrogens (primary N) is 1. The first-order valence-corrected chi connectivity index (χ1v) is 9.42. The zero-order valence-electron chi connectivity index (χ0n) is 14.2. The molecule has 1 aliphatic heterocycles. The molecule has 3 rings (SSSR count). The Morgan fingerprint density at radius 1 is 1.33 bits per heavy atom. The van der Waals surface area contributed by atoms with Gasteiger partial charge in [-0.15, -0.1) is 11.3 Å². The summed E-state index contributed by atoms with van der Waals surface area (Å²) in [5.74, 6) is 5.56. The van der Waals surface area contributed by atoms with Gasteiger partial charge in [-0.1, -0.05) is 11.8 Å². The summed E-state index contributed by atoms with van der Waals surface area (Å²) in [5, 5.41) is 8.84. The molecule has 0 aromatic carbocycles. The number of halogens is 1. The fourth-order valence-corrected chi connectivity index (χ4v) is 3.55. The Labute approximate surface area is 164 Å². The van der Waals surface area contributed by atoms with Gasteiger partial charge in [0.1, 0.15) is 4.88 Å². The van der Waals surface area contributed by atoms with Crippen molar-refractivity contribution in [3.05, 3.63) is 39.1 Å². The van der Waals surface area contributed by atoms with Crippen LogP contribution in [0.15, 0.2) is 18.5 Å². The van der Waals surface area contributed by atoms with Crippen LogP contribution in [-0.4, -0.2) is 41.0 Å². The summed E-state index contributed by atoms with van der Waals surface area (Å²) in [6.07, 6.45) is 4.91. The van der Waals surface area contributed by atoms with Crippen LogP contribution < -0.4 is 21.7 Å². The highest BCUT2D eigenvalue weighted by Gasteiger charge is 2.21. The number of primary amides is 1. The Morgan fingerprint density at radius 2 is 2.11 bits per heavy atom. The van der Waals surface area contributed by atoms with E-state index in [9.17, 15) is 9.59 Å². The maximum absolute atomic E-state index is 12.6. The first-order valence-electron chi connectivity index (χ1n) is 8.22. The predicted octanol–water partition coefficient (Wildman–Crippen LogP) is 1.56. The Balaban J connectivity index is 1.81.